The Kier molecular flexibility index (Phi) is 5.54. The van der Waals surface area contributed by atoms with E-state index in [2.05, 4.69) is 4.98 Å². The van der Waals surface area contributed by atoms with Crippen LogP contribution in [0.1, 0.15) is 24.8 Å². The van der Waals surface area contributed by atoms with Gasteiger partial charge in [0, 0.05) is 36.5 Å². The van der Waals surface area contributed by atoms with E-state index in [0.717, 1.165) is 53.0 Å². The van der Waals surface area contributed by atoms with Crippen LogP contribution in [-0.4, -0.2) is 33.4 Å². The summed E-state index contributed by atoms with van der Waals surface area (Å²) in [4.78, 5) is 19.1. The van der Waals surface area contributed by atoms with E-state index in [9.17, 15) is 18.0 Å². The molecule has 1 atom stereocenters. The van der Waals surface area contributed by atoms with Crippen LogP contribution in [0.2, 0.25) is 0 Å². The van der Waals surface area contributed by atoms with Crippen LogP contribution in [0.15, 0.2) is 77.4 Å². The predicted molar refractivity (Wildman–Crippen MR) is 143 cm³/mol. The van der Waals surface area contributed by atoms with Crippen LogP contribution in [-0.2, 0) is 17.5 Å². The number of halogens is 3. The maximum Gasteiger partial charge on any atom is 0.418 e. The van der Waals surface area contributed by atoms with E-state index in [1.54, 1.807) is 12.3 Å². The van der Waals surface area contributed by atoms with Gasteiger partial charge in [0.25, 0.3) is 0 Å². The highest BCUT2D eigenvalue weighted by Crippen LogP contribution is 2.38. The number of fused-ring (bicyclic) bond motifs is 2. The van der Waals surface area contributed by atoms with Crippen LogP contribution >= 0.6 is 0 Å². The van der Waals surface area contributed by atoms with E-state index < -0.39 is 11.7 Å². The molecule has 0 bridgehead atoms. The number of nitrogens with zero attached hydrogens (tertiary/aromatic N) is 3. The number of hydrogen-bond acceptors (Lipinski definition) is 3. The molecule has 2 fully saturated rings. The van der Waals surface area contributed by atoms with E-state index >= 15 is 0 Å². The quantitative estimate of drug-likeness (QED) is 0.239. The number of alkyl halides is 3. The van der Waals surface area contributed by atoms with Gasteiger partial charge in [-0.2, -0.15) is 13.2 Å². The molecule has 1 aliphatic carbocycles. The maximum absolute atomic E-state index is 13.9. The molecule has 1 unspecified atom stereocenters. The zero-order chi connectivity index (χ0) is 26.7. The first-order valence-corrected chi connectivity index (χ1v) is 13.3. The second kappa shape index (κ2) is 9.00. The van der Waals surface area contributed by atoms with Gasteiger partial charge in [0.05, 0.1) is 17.3 Å². The summed E-state index contributed by atoms with van der Waals surface area (Å²) in [5.41, 5.74) is 3.26. The highest BCUT2D eigenvalue weighted by Gasteiger charge is 2.38. The largest absolute Gasteiger partial charge is 0.464 e. The highest BCUT2D eigenvalue weighted by atomic mass is 19.4. The molecule has 198 valence electrons. The van der Waals surface area contributed by atoms with Gasteiger partial charge in [-0.05, 0) is 66.6 Å². The summed E-state index contributed by atoms with van der Waals surface area (Å²) in [6.07, 6.45) is -0.105. The molecule has 8 heteroatoms. The molecular formula is C31H26F3N3O2. The summed E-state index contributed by atoms with van der Waals surface area (Å²) in [6, 6.07) is 19.9. The molecule has 2 aliphatic rings. The lowest BCUT2D eigenvalue weighted by atomic mass is 10.0. The molecule has 1 amide bonds. The highest BCUT2D eigenvalue weighted by molar-refractivity contribution is 5.86. The van der Waals surface area contributed by atoms with Crippen LogP contribution in [0.3, 0.4) is 0 Å². The Bertz CT molecular complexity index is 1700. The summed E-state index contributed by atoms with van der Waals surface area (Å²) in [5, 5.41) is 1.00. The summed E-state index contributed by atoms with van der Waals surface area (Å²) in [5.74, 6) is 1.04. The van der Waals surface area contributed by atoms with Crippen LogP contribution in [0.25, 0.3) is 44.5 Å². The van der Waals surface area contributed by atoms with Crippen molar-refractivity contribution in [2.24, 2.45) is 11.8 Å². The van der Waals surface area contributed by atoms with Gasteiger partial charge in [-0.3, -0.25) is 4.79 Å². The standard InChI is InChI=1S/C31H26F3N3O2/c32-31(33,34)25-2-1-3-26-28(25)35-29(37(26)18-19-12-14-36(17-19)30(38)22-8-9-22)21-6-4-20(5-7-21)23-10-11-27-24(16-23)13-15-39-27/h1-7,10-11,13,15-16,19,22H,8-9,12,14,17-18H2. The van der Waals surface area contributed by atoms with Gasteiger partial charge in [0.15, 0.2) is 0 Å². The molecule has 1 saturated heterocycles. The number of carbonyl (C=O) groups excluding carboxylic acids is 1. The smallest absolute Gasteiger partial charge is 0.418 e. The Hall–Kier alpha value is -4.07. The lowest BCUT2D eigenvalue weighted by molar-refractivity contribution is -0.136. The number of amides is 1. The number of hydrogen-bond donors (Lipinski definition) is 0. The van der Waals surface area contributed by atoms with Crippen LogP contribution < -0.4 is 0 Å². The minimum Gasteiger partial charge on any atom is -0.464 e. The molecule has 5 nitrogen and oxygen atoms in total. The SMILES string of the molecule is O=C(C1CC1)N1CCC(Cn2c(-c3ccc(-c4ccc5occc5c4)cc3)nc3c(C(F)(F)F)cccc32)C1. The van der Waals surface area contributed by atoms with Gasteiger partial charge in [0.2, 0.25) is 5.91 Å². The van der Waals surface area contributed by atoms with Crippen molar-refractivity contribution in [2.45, 2.75) is 32.0 Å². The maximum atomic E-state index is 13.9. The molecule has 39 heavy (non-hydrogen) atoms. The van der Waals surface area contributed by atoms with E-state index in [4.69, 9.17) is 4.42 Å². The fraction of sp³-hybridized carbons (Fsp3) is 0.290. The first-order chi connectivity index (χ1) is 18.8. The summed E-state index contributed by atoms with van der Waals surface area (Å²) >= 11 is 0. The van der Waals surface area contributed by atoms with Crippen molar-refractivity contribution in [2.75, 3.05) is 13.1 Å². The second-order valence-corrected chi connectivity index (χ2v) is 10.7. The first-order valence-electron chi connectivity index (χ1n) is 13.3. The molecule has 7 rings (SSSR count). The molecule has 0 spiro atoms. The van der Waals surface area contributed by atoms with Crippen LogP contribution in [0, 0.1) is 11.8 Å². The summed E-state index contributed by atoms with van der Waals surface area (Å²) in [6.45, 7) is 1.83. The molecule has 0 radical (unpaired) electrons. The van der Waals surface area contributed by atoms with Gasteiger partial charge < -0.3 is 13.9 Å². The van der Waals surface area contributed by atoms with Crippen LogP contribution in [0.4, 0.5) is 13.2 Å². The minimum atomic E-state index is -4.51. The predicted octanol–water partition coefficient (Wildman–Crippen LogP) is 7.39. The van der Waals surface area contributed by atoms with Crippen molar-refractivity contribution >= 4 is 27.9 Å². The van der Waals surface area contributed by atoms with Gasteiger partial charge in [-0.1, -0.05) is 36.4 Å². The normalized spacial score (nSPS) is 17.9. The Morgan fingerprint density at radius 1 is 0.949 bits per heavy atom. The second-order valence-electron chi connectivity index (χ2n) is 10.7. The molecular weight excluding hydrogens is 503 g/mol. The monoisotopic (exact) mass is 529 g/mol. The van der Waals surface area contributed by atoms with E-state index in [1.807, 2.05) is 58.0 Å². The molecule has 0 N–H and O–H groups in total. The van der Waals surface area contributed by atoms with Gasteiger partial charge in [0.1, 0.15) is 16.9 Å². The van der Waals surface area contributed by atoms with Gasteiger partial charge in [-0.25, -0.2) is 4.98 Å². The molecule has 5 aromatic rings. The number of para-hydroxylation sites is 1. The molecule has 2 aromatic heterocycles. The third-order valence-corrected chi connectivity index (χ3v) is 7.98. The van der Waals surface area contributed by atoms with E-state index in [0.29, 0.717) is 31.0 Å². The number of furan rings is 1. The minimum absolute atomic E-state index is 0.0432. The number of likely N-dealkylation sites (tertiary alicyclic amines) is 1. The molecule has 3 aromatic carbocycles. The number of carbonyl (C=O) groups is 1. The Morgan fingerprint density at radius 2 is 1.72 bits per heavy atom. The molecule has 1 aliphatic heterocycles. The average Bonchev–Trinajstić information content (AvgIpc) is 3.32. The zero-order valence-corrected chi connectivity index (χ0v) is 21.1. The fourth-order valence-corrected chi connectivity index (χ4v) is 5.77. The number of imidazole rings is 1. The molecule has 3 heterocycles. The lowest BCUT2D eigenvalue weighted by Crippen LogP contribution is -2.30. The Balaban J connectivity index is 1.26. The van der Waals surface area contributed by atoms with Crippen molar-refractivity contribution in [3.8, 4) is 22.5 Å². The third-order valence-electron chi connectivity index (χ3n) is 7.98. The van der Waals surface area contributed by atoms with Crippen molar-refractivity contribution in [1.82, 2.24) is 14.5 Å². The average molecular weight is 530 g/mol. The number of benzene rings is 3. The van der Waals surface area contributed by atoms with Gasteiger partial charge >= 0.3 is 6.18 Å². The number of rotatable bonds is 5. The lowest BCUT2D eigenvalue weighted by Gasteiger charge is -2.18. The topological polar surface area (TPSA) is 51.3 Å². The van der Waals surface area contributed by atoms with E-state index in [1.165, 1.54) is 6.07 Å². The van der Waals surface area contributed by atoms with Crippen molar-refractivity contribution in [1.29, 1.82) is 0 Å². The van der Waals surface area contributed by atoms with Gasteiger partial charge in [-0.15, -0.1) is 0 Å². The van der Waals surface area contributed by atoms with Crippen molar-refractivity contribution in [3.05, 3.63) is 78.6 Å². The fourth-order valence-electron chi connectivity index (χ4n) is 5.77. The third kappa shape index (κ3) is 4.37. The van der Waals surface area contributed by atoms with Crippen molar-refractivity contribution in [3.63, 3.8) is 0 Å². The Labute approximate surface area is 222 Å². The van der Waals surface area contributed by atoms with Crippen LogP contribution in [0.5, 0.6) is 0 Å². The number of aromatic nitrogens is 2. The van der Waals surface area contributed by atoms with Crippen molar-refractivity contribution < 1.29 is 22.4 Å². The molecule has 1 saturated carbocycles. The first kappa shape index (κ1) is 24.0. The summed E-state index contributed by atoms with van der Waals surface area (Å²) in [7, 11) is 0. The summed E-state index contributed by atoms with van der Waals surface area (Å²) < 4.78 is 49.1. The van der Waals surface area contributed by atoms with E-state index in [-0.39, 0.29) is 23.3 Å². The Morgan fingerprint density at radius 3 is 2.49 bits per heavy atom. The zero-order valence-electron chi connectivity index (χ0n) is 21.1.